The van der Waals surface area contributed by atoms with Crippen molar-refractivity contribution in [2.75, 3.05) is 26.0 Å². The van der Waals surface area contributed by atoms with Gasteiger partial charge < -0.3 is 36.8 Å². The van der Waals surface area contributed by atoms with Crippen molar-refractivity contribution in [1.29, 1.82) is 0 Å². The van der Waals surface area contributed by atoms with Crippen LogP contribution in [0.5, 0.6) is 5.75 Å². The molecule has 5 rings (SSSR count). The Morgan fingerprint density at radius 1 is 1.12 bits per heavy atom. The molecule has 1 fully saturated rings. The molecule has 1 aromatic rings. The lowest BCUT2D eigenvalue weighted by molar-refractivity contribution is -0.148. The van der Waals surface area contributed by atoms with Crippen LogP contribution in [0.2, 0.25) is 0 Å². The van der Waals surface area contributed by atoms with Gasteiger partial charge >= 0.3 is 0 Å². The molecule has 2 amide bonds. The number of Topliss-reactive ketones (excluding diaryl/α,β-unsaturated/α-hetero) is 2. The topological polar surface area (TPSA) is 203 Å². The molecule has 12 nitrogen and oxygen atoms in total. The number of likely N-dealkylation sites (N-methyl/N-ethyl adjacent to an activating group) is 1. The second-order valence-electron chi connectivity index (χ2n) is 11.4. The van der Waals surface area contributed by atoms with E-state index in [0.29, 0.717) is 5.56 Å². The monoisotopic (exact) mass is 554 g/mol. The maximum absolute atomic E-state index is 13.8. The standard InChI is InChI=1S/C28H34N4O8/c1-32(2)21-15-10-13-9-12-7-8-16(30-11-17(33)31-14-5-3-4-6-14)22(34)18(12)23(35)19(13)25(37)28(15,40)26(38)20(24(21)36)27(29)39/h7-8,13-15,21,30,34,36-37,40H,3-6,9-11H2,1-2H3,(H2,29,39)(H,31,33)/t13-,15-,21+,28-/m1/s1. The van der Waals surface area contributed by atoms with Crippen LogP contribution in [0.15, 0.2) is 34.8 Å². The van der Waals surface area contributed by atoms with Crippen LogP contribution in [0.3, 0.4) is 0 Å². The second-order valence-corrected chi connectivity index (χ2v) is 11.4. The Morgan fingerprint density at radius 3 is 2.42 bits per heavy atom. The molecule has 40 heavy (non-hydrogen) atoms. The molecular weight excluding hydrogens is 520 g/mol. The van der Waals surface area contributed by atoms with Crippen molar-refractivity contribution < 1.29 is 39.6 Å². The van der Waals surface area contributed by atoms with Gasteiger partial charge in [-0.2, -0.15) is 0 Å². The summed E-state index contributed by atoms with van der Waals surface area (Å²) in [6.45, 7) is -0.124. The number of hydrogen-bond donors (Lipinski definition) is 7. The molecule has 0 saturated heterocycles. The highest BCUT2D eigenvalue weighted by atomic mass is 16.3. The van der Waals surface area contributed by atoms with Crippen LogP contribution in [0.1, 0.15) is 48.0 Å². The maximum Gasteiger partial charge on any atom is 0.255 e. The van der Waals surface area contributed by atoms with E-state index in [0.717, 1.165) is 25.7 Å². The lowest BCUT2D eigenvalue weighted by Gasteiger charge is -2.50. The van der Waals surface area contributed by atoms with Gasteiger partial charge in [-0.25, -0.2) is 0 Å². The van der Waals surface area contributed by atoms with Crippen LogP contribution in [0, 0.1) is 11.8 Å². The summed E-state index contributed by atoms with van der Waals surface area (Å²) in [7, 11) is 3.15. The first kappa shape index (κ1) is 27.7. The smallest absolute Gasteiger partial charge is 0.255 e. The summed E-state index contributed by atoms with van der Waals surface area (Å²) in [4.78, 5) is 53.0. The quantitative estimate of drug-likeness (QED) is 0.193. The van der Waals surface area contributed by atoms with Gasteiger partial charge in [-0.3, -0.25) is 24.1 Å². The highest BCUT2D eigenvalue weighted by Gasteiger charge is 2.63. The number of aliphatic hydroxyl groups excluding tert-OH is 2. The predicted molar refractivity (Wildman–Crippen MR) is 143 cm³/mol. The first-order valence-electron chi connectivity index (χ1n) is 13.4. The molecule has 0 heterocycles. The molecule has 4 aliphatic carbocycles. The van der Waals surface area contributed by atoms with E-state index in [9.17, 15) is 39.6 Å². The minimum Gasteiger partial charge on any atom is -0.510 e. The van der Waals surface area contributed by atoms with Gasteiger partial charge in [0.25, 0.3) is 5.91 Å². The molecule has 8 N–H and O–H groups in total. The molecule has 4 atom stereocenters. The van der Waals surface area contributed by atoms with E-state index in [2.05, 4.69) is 10.6 Å². The van der Waals surface area contributed by atoms with Gasteiger partial charge in [-0.1, -0.05) is 18.9 Å². The average molecular weight is 555 g/mol. The number of carbonyl (C=O) groups excluding carboxylic acids is 4. The van der Waals surface area contributed by atoms with Crippen LogP contribution in [-0.2, 0) is 20.8 Å². The molecule has 12 heteroatoms. The van der Waals surface area contributed by atoms with Crippen LogP contribution in [0.4, 0.5) is 5.69 Å². The third kappa shape index (κ3) is 4.13. The molecule has 0 spiro atoms. The fourth-order valence-corrected chi connectivity index (χ4v) is 6.89. The normalized spacial score (nSPS) is 28.4. The Labute approximate surface area is 230 Å². The second kappa shape index (κ2) is 9.93. The van der Waals surface area contributed by atoms with Crippen LogP contribution in [-0.4, -0.2) is 87.0 Å². The average Bonchev–Trinajstić information content (AvgIpc) is 3.38. The Hall–Kier alpha value is -3.90. The number of amides is 2. The Morgan fingerprint density at radius 2 is 1.80 bits per heavy atom. The number of aromatic hydroxyl groups is 1. The SMILES string of the molecule is CN(C)[C@@H]1C(O)=C(C(N)=O)C(=O)[C@]2(O)C(O)=C3C(=O)c4c(ccc(NCC(=O)NC5CCCC5)c4O)C[C@@H]3C[C@H]12. The van der Waals surface area contributed by atoms with Gasteiger partial charge in [0.05, 0.1) is 23.8 Å². The molecule has 1 aromatic carbocycles. The third-order valence-corrected chi connectivity index (χ3v) is 8.75. The van der Waals surface area contributed by atoms with Gasteiger partial charge in [0.2, 0.25) is 11.7 Å². The lowest BCUT2D eigenvalue weighted by Crippen LogP contribution is -2.63. The van der Waals surface area contributed by atoms with Crippen molar-refractivity contribution in [2.24, 2.45) is 17.6 Å². The fraction of sp³-hybridized carbons (Fsp3) is 0.500. The summed E-state index contributed by atoms with van der Waals surface area (Å²) in [6.07, 6.45) is 4.19. The van der Waals surface area contributed by atoms with E-state index in [1.54, 1.807) is 26.2 Å². The minimum atomic E-state index is -2.69. The zero-order valence-corrected chi connectivity index (χ0v) is 22.4. The van der Waals surface area contributed by atoms with Crippen molar-refractivity contribution >= 4 is 29.1 Å². The van der Waals surface area contributed by atoms with Gasteiger partial charge in [-0.15, -0.1) is 0 Å². The molecule has 214 valence electrons. The van der Waals surface area contributed by atoms with Crippen molar-refractivity contribution in [3.8, 4) is 5.75 Å². The van der Waals surface area contributed by atoms with Crippen LogP contribution < -0.4 is 16.4 Å². The Bertz CT molecular complexity index is 1380. The summed E-state index contributed by atoms with van der Waals surface area (Å²) < 4.78 is 0. The number of primary amides is 1. The molecule has 0 aromatic heterocycles. The number of benzene rings is 1. The highest BCUT2D eigenvalue weighted by Crippen LogP contribution is 2.52. The summed E-state index contributed by atoms with van der Waals surface area (Å²) in [5, 5.41) is 50.6. The molecule has 1 saturated carbocycles. The lowest BCUT2D eigenvalue weighted by atomic mass is 9.58. The number of nitrogens with one attached hydrogen (secondary N) is 2. The number of allylic oxidation sites excluding steroid dienone is 1. The van der Waals surface area contributed by atoms with Crippen molar-refractivity contribution in [2.45, 2.75) is 56.2 Å². The summed E-state index contributed by atoms with van der Waals surface area (Å²) in [5.41, 5.74) is 2.12. The van der Waals surface area contributed by atoms with E-state index < -0.39 is 63.8 Å². The highest BCUT2D eigenvalue weighted by molar-refractivity contribution is 6.24. The predicted octanol–water partition coefficient (Wildman–Crippen LogP) is 0.591. The summed E-state index contributed by atoms with van der Waals surface area (Å²) in [6, 6.07) is 2.30. The molecule has 0 aliphatic heterocycles. The fourth-order valence-electron chi connectivity index (χ4n) is 6.89. The van der Waals surface area contributed by atoms with E-state index in [1.165, 1.54) is 4.90 Å². The van der Waals surface area contributed by atoms with Crippen molar-refractivity contribution in [1.82, 2.24) is 10.2 Å². The number of phenolic OH excluding ortho intramolecular Hbond substituents is 1. The van der Waals surface area contributed by atoms with Crippen LogP contribution in [0.25, 0.3) is 0 Å². The van der Waals surface area contributed by atoms with Crippen LogP contribution >= 0.6 is 0 Å². The largest absolute Gasteiger partial charge is 0.510 e. The van der Waals surface area contributed by atoms with Crippen molar-refractivity contribution in [3.05, 3.63) is 45.9 Å². The van der Waals surface area contributed by atoms with Gasteiger partial charge in [0, 0.05) is 17.5 Å². The zero-order valence-electron chi connectivity index (χ0n) is 22.4. The van der Waals surface area contributed by atoms with E-state index in [1.807, 2.05) is 0 Å². The Kier molecular flexibility index (Phi) is 6.87. The Balaban J connectivity index is 1.50. The molecule has 4 aliphatic rings. The summed E-state index contributed by atoms with van der Waals surface area (Å²) >= 11 is 0. The maximum atomic E-state index is 13.8. The number of nitrogens with zero attached hydrogens (tertiary/aromatic N) is 1. The first-order chi connectivity index (χ1) is 18.9. The zero-order chi connectivity index (χ0) is 29.1. The number of hydrogen-bond acceptors (Lipinski definition) is 10. The first-order valence-corrected chi connectivity index (χ1v) is 13.4. The number of anilines is 1. The number of ketones is 2. The number of phenols is 1. The van der Waals surface area contributed by atoms with E-state index in [4.69, 9.17) is 5.73 Å². The van der Waals surface area contributed by atoms with Gasteiger partial charge in [0.15, 0.2) is 11.4 Å². The molecule has 0 unspecified atom stereocenters. The van der Waals surface area contributed by atoms with Gasteiger partial charge in [0.1, 0.15) is 22.8 Å². The minimum absolute atomic E-state index is 0.0217. The molecule has 0 bridgehead atoms. The molecule has 0 radical (unpaired) electrons. The number of nitrogens with two attached hydrogens (primary N) is 1. The van der Waals surface area contributed by atoms with Crippen molar-refractivity contribution in [3.63, 3.8) is 0 Å². The van der Waals surface area contributed by atoms with E-state index >= 15 is 0 Å². The number of fused-ring (bicyclic) bond motifs is 3. The van der Waals surface area contributed by atoms with E-state index in [-0.39, 0.29) is 48.2 Å². The number of rotatable bonds is 6. The number of aliphatic hydroxyl groups is 3. The third-order valence-electron chi connectivity index (χ3n) is 8.75. The molecular formula is C28H34N4O8. The number of carbonyl (C=O) groups is 4. The summed E-state index contributed by atoms with van der Waals surface area (Å²) in [5.74, 6) is -7.23. The van der Waals surface area contributed by atoms with Gasteiger partial charge in [-0.05, 0) is 57.3 Å².